The second kappa shape index (κ2) is 7.19. The lowest BCUT2D eigenvalue weighted by molar-refractivity contribution is -0.118. The largest absolute Gasteiger partial charge is 0.491 e. The Morgan fingerprint density at radius 2 is 2.21 bits per heavy atom. The molecule has 1 aliphatic rings. The normalized spacial score (nSPS) is 15.5. The molecular formula is C21H21N5O2. The predicted molar refractivity (Wildman–Crippen MR) is 108 cm³/mol. The Bertz CT molecular complexity index is 1100. The van der Waals surface area contributed by atoms with E-state index in [1.165, 1.54) is 0 Å². The molecule has 0 spiro atoms. The zero-order valence-corrected chi connectivity index (χ0v) is 15.8. The van der Waals surface area contributed by atoms with Crippen LogP contribution in [0.4, 0.5) is 11.5 Å². The summed E-state index contributed by atoms with van der Waals surface area (Å²) in [6.07, 6.45) is 5.90. The SMILES string of the molecule is C=C1NC(=O)C/C1=C\c1cnn2ccc(Nc3cccc(OC(C)C)c3)nc12. The summed E-state index contributed by atoms with van der Waals surface area (Å²) < 4.78 is 7.44. The Morgan fingerprint density at radius 3 is 2.96 bits per heavy atom. The standard InChI is InChI=1S/C21H21N5O2/c1-13(2)28-18-6-4-5-17(11-18)24-19-7-8-26-21(25-19)16(12-22-26)9-15-10-20(27)23-14(15)3/h4-9,11-13H,3,10H2,1-2H3,(H,23,27)(H,24,25)/b15-9+. The first kappa shape index (κ1) is 17.8. The number of allylic oxidation sites excluding steroid dienone is 1. The zero-order valence-electron chi connectivity index (χ0n) is 15.8. The van der Waals surface area contributed by atoms with Crippen LogP contribution < -0.4 is 15.4 Å². The highest BCUT2D eigenvalue weighted by atomic mass is 16.5. The number of aromatic nitrogens is 3. The fraction of sp³-hybridized carbons (Fsp3) is 0.190. The molecule has 1 aliphatic heterocycles. The summed E-state index contributed by atoms with van der Waals surface area (Å²) in [5, 5.41) is 10.3. The molecule has 0 unspecified atom stereocenters. The lowest BCUT2D eigenvalue weighted by atomic mass is 10.1. The average Bonchev–Trinajstić information content (AvgIpc) is 3.17. The summed E-state index contributed by atoms with van der Waals surface area (Å²) in [6, 6.07) is 9.60. The number of anilines is 2. The van der Waals surface area contributed by atoms with Crippen molar-refractivity contribution in [2.24, 2.45) is 0 Å². The highest BCUT2D eigenvalue weighted by Gasteiger charge is 2.19. The van der Waals surface area contributed by atoms with E-state index < -0.39 is 0 Å². The lowest BCUT2D eigenvalue weighted by Gasteiger charge is -2.12. The molecule has 0 atom stereocenters. The average molecular weight is 375 g/mol. The van der Waals surface area contributed by atoms with E-state index in [0.29, 0.717) is 23.6 Å². The number of nitrogens with zero attached hydrogens (tertiary/aromatic N) is 3. The van der Waals surface area contributed by atoms with E-state index in [1.807, 2.05) is 56.5 Å². The number of carbonyl (C=O) groups is 1. The predicted octanol–water partition coefficient (Wildman–Crippen LogP) is 3.68. The van der Waals surface area contributed by atoms with Crippen LogP contribution in [0.25, 0.3) is 11.7 Å². The molecule has 4 rings (SSSR count). The van der Waals surface area contributed by atoms with Crippen LogP contribution in [-0.2, 0) is 4.79 Å². The summed E-state index contributed by atoms with van der Waals surface area (Å²) in [6.45, 7) is 7.86. The molecular weight excluding hydrogens is 354 g/mol. The molecule has 142 valence electrons. The van der Waals surface area contributed by atoms with E-state index in [-0.39, 0.29) is 12.0 Å². The van der Waals surface area contributed by atoms with E-state index in [1.54, 1.807) is 10.7 Å². The maximum absolute atomic E-state index is 11.5. The highest BCUT2D eigenvalue weighted by molar-refractivity contribution is 5.89. The van der Waals surface area contributed by atoms with E-state index in [2.05, 4.69) is 27.3 Å². The van der Waals surface area contributed by atoms with Gasteiger partial charge >= 0.3 is 0 Å². The number of fused-ring (bicyclic) bond motifs is 1. The molecule has 1 aromatic carbocycles. The van der Waals surface area contributed by atoms with Crippen molar-refractivity contribution in [1.29, 1.82) is 0 Å². The number of carbonyl (C=O) groups excluding carboxylic acids is 1. The zero-order chi connectivity index (χ0) is 19.7. The van der Waals surface area contributed by atoms with Crippen molar-refractivity contribution in [3.63, 3.8) is 0 Å². The number of ether oxygens (including phenoxy) is 1. The summed E-state index contributed by atoms with van der Waals surface area (Å²) in [7, 11) is 0. The Balaban J connectivity index is 1.62. The number of hydrogen-bond donors (Lipinski definition) is 2. The molecule has 2 aromatic heterocycles. The van der Waals surface area contributed by atoms with Crippen LogP contribution >= 0.6 is 0 Å². The number of benzene rings is 1. The first-order valence-electron chi connectivity index (χ1n) is 9.06. The lowest BCUT2D eigenvalue weighted by Crippen LogP contribution is -2.10. The van der Waals surface area contributed by atoms with Crippen LogP contribution in [-0.4, -0.2) is 26.6 Å². The maximum Gasteiger partial charge on any atom is 0.228 e. The maximum atomic E-state index is 11.5. The van der Waals surface area contributed by atoms with E-state index in [4.69, 9.17) is 4.74 Å². The Hall–Kier alpha value is -3.61. The van der Waals surface area contributed by atoms with Gasteiger partial charge in [-0.1, -0.05) is 12.6 Å². The molecule has 28 heavy (non-hydrogen) atoms. The molecule has 7 heteroatoms. The second-order valence-corrected chi connectivity index (χ2v) is 6.87. The van der Waals surface area contributed by atoms with E-state index in [0.717, 1.165) is 22.6 Å². The third-order valence-corrected chi connectivity index (χ3v) is 4.23. The van der Waals surface area contributed by atoms with Crippen LogP contribution in [0.2, 0.25) is 0 Å². The number of rotatable bonds is 5. The van der Waals surface area contributed by atoms with Gasteiger partial charge in [-0.2, -0.15) is 5.10 Å². The molecule has 0 radical (unpaired) electrons. The van der Waals surface area contributed by atoms with Crippen molar-refractivity contribution in [2.45, 2.75) is 26.4 Å². The molecule has 1 fully saturated rings. The molecule has 7 nitrogen and oxygen atoms in total. The quantitative estimate of drug-likeness (QED) is 0.711. The highest BCUT2D eigenvalue weighted by Crippen LogP contribution is 2.24. The van der Waals surface area contributed by atoms with Gasteiger partial charge in [-0.05, 0) is 43.7 Å². The molecule has 0 aliphatic carbocycles. The van der Waals surface area contributed by atoms with Crippen molar-refractivity contribution in [3.05, 3.63) is 66.1 Å². The first-order valence-corrected chi connectivity index (χ1v) is 9.06. The van der Waals surface area contributed by atoms with Crippen LogP contribution in [0.15, 0.2) is 60.6 Å². The van der Waals surface area contributed by atoms with Crippen molar-refractivity contribution in [2.75, 3.05) is 5.32 Å². The first-order chi connectivity index (χ1) is 13.5. The van der Waals surface area contributed by atoms with Crippen LogP contribution in [0, 0.1) is 0 Å². The van der Waals surface area contributed by atoms with Crippen LogP contribution in [0.5, 0.6) is 5.75 Å². The molecule has 0 bridgehead atoms. The Morgan fingerprint density at radius 1 is 1.36 bits per heavy atom. The summed E-state index contributed by atoms with van der Waals surface area (Å²) in [5.41, 5.74) is 3.88. The molecule has 1 amide bonds. The van der Waals surface area contributed by atoms with E-state index >= 15 is 0 Å². The number of nitrogens with one attached hydrogen (secondary N) is 2. The fourth-order valence-corrected chi connectivity index (χ4v) is 3.02. The van der Waals surface area contributed by atoms with Crippen LogP contribution in [0.3, 0.4) is 0 Å². The van der Waals surface area contributed by atoms with Crippen molar-refractivity contribution < 1.29 is 9.53 Å². The summed E-state index contributed by atoms with van der Waals surface area (Å²) in [4.78, 5) is 16.2. The molecule has 0 saturated carbocycles. The van der Waals surface area contributed by atoms with Crippen molar-refractivity contribution >= 4 is 29.1 Å². The van der Waals surface area contributed by atoms with Gasteiger partial charge in [0.05, 0.1) is 18.7 Å². The van der Waals surface area contributed by atoms with Gasteiger partial charge in [0.2, 0.25) is 5.91 Å². The number of amides is 1. The minimum absolute atomic E-state index is 0.0495. The van der Waals surface area contributed by atoms with E-state index in [9.17, 15) is 4.79 Å². The Kier molecular flexibility index (Phi) is 4.57. The Labute approximate surface area is 162 Å². The van der Waals surface area contributed by atoms with Gasteiger partial charge in [-0.15, -0.1) is 0 Å². The van der Waals surface area contributed by atoms with Crippen molar-refractivity contribution in [3.8, 4) is 5.75 Å². The topological polar surface area (TPSA) is 80.6 Å². The van der Waals surface area contributed by atoms with Gasteiger partial charge in [0.15, 0.2) is 5.65 Å². The second-order valence-electron chi connectivity index (χ2n) is 6.87. The smallest absolute Gasteiger partial charge is 0.228 e. The van der Waals surface area contributed by atoms with Gasteiger partial charge in [0, 0.05) is 29.2 Å². The fourth-order valence-electron chi connectivity index (χ4n) is 3.02. The molecule has 3 heterocycles. The van der Waals surface area contributed by atoms with Crippen LogP contribution in [0.1, 0.15) is 25.8 Å². The van der Waals surface area contributed by atoms with Gasteiger partial charge < -0.3 is 15.4 Å². The minimum atomic E-state index is -0.0495. The van der Waals surface area contributed by atoms with Gasteiger partial charge in [-0.25, -0.2) is 9.50 Å². The summed E-state index contributed by atoms with van der Waals surface area (Å²) >= 11 is 0. The van der Waals surface area contributed by atoms with Gasteiger partial charge in [-0.3, -0.25) is 4.79 Å². The minimum Gasteiger partial charge on any atom is -0.491 e. The molecule has 2 N–H and O–H groups in total. The van der Waals surface area contributed by atoms with Gasteiger partial charge in [0.25, 0.3) is 0 Å². The third-order valence-electron chi connectivity index (χ3n) is 4.23. The molecule has 1 saturated heterocycles. The van der Waals surface area contributed by atoms with Crippen molar-refractivity contribution in [1.82, 2.24) is 19.9 Å². The monoisotopic (exact) mass is 375 g/mol. The third kappa shape index (κ3) is 3.73. The summed E-state index contributed by atoms with van der Waals surface area (Å²) in [5.74, 6) is 1.44. The van der Waals surface area contributed by atoms with Gasteiger partial charge in [0.1, 0.15) is 11.6 Å². The molecule has 3 aromatic rings. The number of hydrogen-bond acceptors (Lipinski definition) is 5.